The lowest BCUT2D eigenvalue weighted by atomic mass is 10.1. The number of terminal acetylenes is 1. The second-order valence-electron chi connectivity index (χ2n) is 7.20. The van der Waals surface area contributed by atoms with Crippen molar-refractivity contribution in [2.75, 3.05) is 6.61 Å². The quantitative estimate of drug-likeness (QED) is 0.569. The van der Waals surface area contributed by atoms with E-state index < -0.39 is 41.6 Å². The van der Waals surface area contributed by atoms with Crippen molar-refractivity contribution in [3.8, 4) is 12.3 Å². The first kappa shape index (κ1) is 21.9. The maximum absolute atomic E-state index is 12.7. The summed E-state index contributed by atoms with van der Waals surface area (Å²) in [4.78, 5) is 54.5. The Labute approximate surface area is 168 Å². The Morgan fingerprint density at radius 2 is 1.72 bits per heavy atom. The second-order valence-corrected chi connectivity index (χ2v) is 7.20. The smallest absolute Gasteiger partial charge is 0.408 e. The van der Waals surface area contributed by atoms with Gasteiger partial charge in [0.1, 0.15) is 12.2 Å². The highest BCUT2D eigenvalue weighted by Crippen LogP contribution is 2.23. The molecule has 0 spiro atoms. The standard InChI is InChI=1S/C20H22N2O7/c1-6-11-27-12(2)15(21-19(26)28-20(3,4)5)18(25)29-22-16(23)13-9-7-8-10-14(13)17(22)24/h1,7-10,12,15H,11H2,2-5H3,(H,21,26)/t12-,15+/m1/s1. The monoisotopic (exact) mass is 402 g/mol. The minimum absolute atomic E-state index is 0.110. The minimum atomic E-state index is -1.39. The van der Waals surface area contributed by atoms with Gasteiger partial charge in [0.05, 0.1) is 17.2 Å². The molecule has 0 radical (unpaired) electrons. The highest BCUT2D eigenvalue weighted by atomic mass is 16.7. The summed E-state index contributed by atoms with van der Waals surface area (Å²) in [6.45, 7) is 6.29. The number of rotatable bonds is 6. The molecule has 9 heteroatoms. The van der Waals surface area contributed by atoms with Gasteiger partial charge in [-0.05, 0) is 39.8 Å². The van der Waals surface area contributed by atoms with Gasteiger partial charge in [0.25, 0.3) is 11.8 Å². The Balaban J connectivity index is 2.17. The van der Waals surface area contributed by atoms with Gasteiger partial charge in [-0.15, -0.1) is 6.42 Å². The Morgan fingerprint density at radius 1 is 1.17 bits per heavy atom. The molecule has 1 heterocycles. The average molecular weight is 402 g/mol. The third-order valence-electron chi connectivity index (χ3n) is 3.76. The van der Waals surface area contributed by atoms with Gasteiger partial charge in [-0.1, -0.05) is 23.1 Å². The number of amides is 3. The zero-order chi connectivity index (χ0) is 21.8. The maximum Gasteiger partial charge on any atom is 0.408 e. The van der Waals surface area contributed by atoms with Gasteiger partial charge in [-0.2, -0.15) is 0 Å². The number of imide groups is 1. The molecule has 1 aromatic rings. The van der Waals surface area contributed by atoms with Crippen molar-refractivity contribution in [3.63, 3.8) is 0 Å². The molecular weight excluding hydrogens is 380 g/mol. The van der Waals surface area contributed by atoms with Crippen LogP contribution in [0.2, 0.25) is 0 Å². The van der Waals surface area contributed by atoms with Crippen LogP contribution in [0.5, 0.6) is 0 Å². The van der Waals surface area contributed by atoms with Crippen LogP contribution in [0.3, 0.4) is 0 Å². The van der Waals surface area contributed by atoms with Gasteiger partial charge >= 0.3 is 12.1 Å². The van der Waals surface area contributed by atoms with Crippen molar-refractivity contribution < 1.29 is 33.5 Å². The van der Waals surface area contributed by atoms with Gasteiger partial charge < -0.3 is 19.6 Å². The van der Waals surface area contributed by atoms with Crippen molar-refractivity contribution in [1.29, 1.82) is 0 Å². The number of hydrogen-bond donors (Lipinski definition) is 1. The summed E-state index contributed by atoms with van der Waals surface area (Å²) in [6, 6.07) is 4.66. The van der Waals surface area contributed by atoms with E-state index in [0.29, 0.717) is 5.06 Å². The summed E-state index contributed by atoms with van der Waals surface area (Å²) in [7, 11) is 0. The summed E-state index contributed by atoms with van der Waals surface area (Å²) in [5.41, 5.74) is -0.596. The van der Waals surface area contributed by atoms with E-state index in [4.69, 9.17) is 20.7 Å². The molecule has 0 aromatic heterocycles. The van der Waals surface area contributed by atoms with Crippen LogP contribution in [-0.2, 0) is 19.1 Å². The fraction of sp³-hybridized carbons (Fsp3) is 0.400. The van der Waals surface area contributed by atoms with Crippen LogP contribution in [0, 0.1) is 12.3 Å². The van der Waals surface area contributed by atoms with Gasteiger partial charge in [0, 0.05) is 0 Å². The fourth-order valence-corrected chi connectivity index (χ4v) is 2.48. The molecule has 0 unspecified atom stereocenters. The van der Waals surface area contributed by atoms with E-state index in [1.807, 2.05) is 0 Å². The zero-order valence-corrected chi connectivity index (χ0v) is 16.6. The van der Waals surface area contributed by atoms with E-state index in [9.17, 15) is 19.2 Å². The third-order valence-corrected chi connectivity index (χ3v) is 3.76. The molecule has 29 heavy (non-hydrogen) atoms. The van der Waals surface area contributed by atoms with Crippen molar-refractivity contribution in [1.82, 2.24) is 10.4 Å². The predicted molar refractivity (Wildman–Crippen MR) is 100 cm³/mol. The molecule has 0 bridgehead atoms. The molecule has 2 atom stereocenters. The highest BCUT2D eigenvalue weighted by Gasteiger charge is 2.41. The summed E-state index contributed by atoms with van der Waals surface area (Å²) in [5, 5.41) is 2.68. The molecular formula is C20H22N2O7. The van der Waals surface area contributed by atoms with Gasteiger partial charge in [0.2, 0.25) is 0 Å². The molecule has 1 aromatic carbocycles. The van der Waals surface area contributed by atoms with Crippen LogP contribution in [-0.4, -0.2) is 53.3 Å². The number of nitrogens with one attached hydrogen (secondary N) is 1. The first-order valence-electron chi connectivity index (χ1n) is 8.79. The molecule has 1 aliphatic rings. The molecule has 3 amide bonds. The zero-order valence-electron chi connectivity index (χ0n) is 16.6. The Hall–Kier alpha value is -3.38. The molecule has 0 saturated carbocycles. The predicted octanol–water partition coefficient (Wildman–Crippen LogP) is 1.67. The summed E-state index contributed by atoms with van der Waals surface area (Å²) >= 11 is 0. The third kappa shape index (κ3) is 5.33. The average Bonchev–Trinajstić information content (AvgIpc) is 2.88. The molecule has 0 saturated heterocycles. The van der Waals surface area contributed by atoms with Gasteiger partial charge in [-0.3, -0.25) is 9.59 Å². The van der Waals surface area contributed by atoms with E-state index in [0.717, 1.165) is 0 Å². The number of fused-ring (bicyclic) bond motifs is 1. The summed E-state index contributed by atoms with van der Waals surface area (Å²) in [5.74, 6) is -0.412. The topological polar surface area (TPSA) is 111 Å². The Kier molecular flexibility index (Phi) is 6.61. The van der Waals surface area contributed by atoms with Crippen molar-refractivity contribution in [3.05, 3.63) is 35.4 Å². The molecule has 1 aliphatic heterocycles. The first-order valence-corrected chi connectivity index (χ1v) is 8.79. The lowest BCUT2D eigenvalue weighted by Gasteiger charge is -2.26. The van der Waals surface area contributed by atoms with Crippen LogP contribution < -0.4 is 5.32 Å². The summed E-state index contributed by atoms with van der Waals surface area (Å²) < 4.78 is 10.4. The van der Waals surface area contributed by atoms with Gasteiger partial charge in [-0.25, -0.2) is 9.59 Å². The SMILES string of the molecule is C#CCO[C@H](C)[C@H](NC(=O)OC(C)(C)C)C(=O)ON1C(=O)c2ccccc2C1=O. The Bertz CT molecular complexity index is 831. The number of hydrogen-bond acceptors (Lipinski definition) is 7. The normalized spacial score (nSPS) is 15.2. The van der Waals surface area contributed by atoms with Crippen molar-refractivity contribution >= 4 is 23.9 Å². The van der Waals surface area contributed by atoms with E-state index >= 15 is 0 Å². The van der Waals surface area contributed by atoms with E-state index in [1.54, 1.807) is 32.9 Å². The van der Waals surface area contributed by atoms with Crippen LogP contribution in [0.25, 0.3) is 0 Å². The number of carbonyl (C=O) groups excluding carboxylic acids is 4. The van der Waals surface area contributed by atoms with E-state index in [1.165, 1.54) is 19.1 Å². The number of hydroxylamine groups is 2. The number of benzene rings is 1. The van der Waals surface area contributed by atoms with Crippen molar-refractivity contribution in [2.24, 2.45) is 0 Å². The number of carbonyl (C=O) groups is 4. The van der Waals surface area contributed by atoms with Crippen molar-refractivity contribution in [2.45, 2.75) is 45.4 Å². The van der Waals surface area contributed by atoms with E-state index in [2.05, 4.69) is 11.2 Å². The molecule has 9 nitrogen and oxygen atoms in total. The molecule has 0 aliphatic carbocycles. The highest BCUT2D eigenvalue weighted by molar-refractivity contribution is 6.20. The van der Waals surface area contributed by atoms with Gasteiger partial charge in [0.15, 0.2) is 6.04 Å². The number of nitrogens with zero attached hydrogens (tertiary/aromatic N) is 1. The first-order chi connectivity index (χ1) is 13.5. The number of ether oxygens (including phenoxy) is 2. The Morgan fingerprint density at radius 3 is 2.21 bits per heavy atom. The molecule has 154 valence electrons. The van der Waals surface area contributed by atoms with E-state index in [-0.39, 0.29) is 17.7 Å². The van der Waals surface area contributed by atoms with Crippen LogP contribution in [0.4, 0.5) is 4.79 Å². The maximum atomic E-state index is 12.7. The lowest BCUT2D eigenvalue weighted by Crippen LogP contribution is -2.52. The lowest BCUT2D eigenvalue weighted by molar-refractivity contribution is -0.174. The second kappa shape index (κ2) is 8.75. The fourth-order valence-electron chi connectivity index (χ4n) is 2.48. The van der Waals surface area contributed by atoms with Crippen LogP contribution >= 0.6 is 0 Å². The molecule has 1 N–H and O–H groups in total. The molecule has 0 fully saturated rings. The minimum Gasteiger partial charge on any atom is -0.444 e. The van der Waals surface area contributed by atoms with Crippen LogP contribution in [0.1, 0.15) is 48.4 Å². The summed E-state index contributed by atoms with van der Waals surface area (Å²) in [6.07, 6.45) is 3.32. The number of alkyl carbamates (subject to hydrolysis) is 1. The van der Waals surface area contributed by atoms with Crippen LogP contribution in [0.15, 0.2) is 24.3 Å². The largest absolute Gasteiger partial charge is 0.444 e. The molecule has 2 rings (SSSR count).